The summed E-state index contributed by atoms with van der Waals surface area (Å²) >= 11 is 22.5. The van der Waals surface area contributed by atoms with Crippen molar-refractivity contribution in [2.45, 2.75) is 126 Å². The van der Waals surface area contributed by atoms with Gasteiger partial charge in [-0.05, 0) is 268 Å². The number of esters is 2. The minimum Gasteiger partial charge on any atom is -0.796 e. The first kappa shape index (κ1) is 124. The van der Waals surface area contributed by atoms with Gasteiger partial charge in [-0.3, -0.25) is 33.7 Å². The maximum atomic E-state index is 13.0. The van der Waals surface area contributed by atoms with E-state index in [2.05, 4.69) is 157 Å². The Morgan fingerprint density at radius 3 is 1.30 bits per heavy atom. The quantitative estimate of drug-likeness (QED) is 0.0144. The Kier molecular flexibility index (Phi) is 57.4. The van der Waals surface area contributed by atoms with Gasteiger partial charge in [0.2, 0.25) is 0 Å². The van der Waals surface area contributed by atoms with Gasteiger partial charge in [-0.25, -0.2) is 45.9 Å². The number of fused-ring (bicyclic) bond motifs is 2. The maximum Gasteiger partial charge on any atom is 1.00 e. The number of carboxylic acid groups (broad SMARTS) is 3. The molecular weight excluding hydrogens is 2210 g/mol. The Morgan fingerprint density at radius 2 is 0.920 bits per heavy atom. The van der Waals surface area contributed by atoms with Crippen LogP contribution >= 0.6 is 111 Å². The Balaban J connectivity index is 0.000000403. The van der Waals surface area contributed by atoms with Gasteiger partial charge < -0.3 is 52.8 Å². The molecule has 3 aliphatic rings. The number of carboxylic acids is 3. The van der Waals surface area contributed by atoms with Crippen LogP contribution < -0.4 is 44.9 Å². The first-order chi connectivity index (χ1) is 65.0. The largest absolute Gasteiger partial charge is 1.00 e. The van der Waals surface area contributed by atoms with E-state index in [1.807, 2.05) is 170 Å². The summed E-state index contributed by atoms with van der Waals surface area (Å²) < 4.78 is 83.9. The van der Waals surface area contributed by atoms with Crippen molar-refractivity contribution in [3.63, 3.8) is 0 Å². The molecule has 0 saturated carbocycles. The minimum absolute atomic E-state index is 0. The van der Waals surface area contributed by atoms with Gasteiger partial charge >= 0.3 is 59.4 Å². The van der Waals surface area contributed by atoms with Gasteiger partial charge in [0, 0.05) is 118 Å². The third-order valence-corrected chi connectivity index (χ3v) is 29.2. The second-order valence-corrected chi connectivity index (χ2v) is 48.4. The van der Waals surface area contributed by atoms with Crippen LogP contribution in [0.1, 0.15) is 184 Å². The number of nitrogens with zero attached hydrogens (tertiary/aromatic N) is 5. The second kappa shape index (κ2) is 63.8. The second-order valence-electron chi connectivity index (χ2n) is 31.1. The number of hydrogen-bond donors (Lipinski definition) is 6. The molecule has 3 aliphatic heterocycles. The number of halogens is 6. The number of aromatic carboxylic acids is 3. The van der Waals surface area contributed by atoms with E-state index in [4.69, 9.17) is 14.9 Å². The van der Waals surface area contributed by atoms with Gasteiger partial charge in [0.25, 0.3) is 11.8 Å². The predicted molar refractivity (Wildman–Crippen MR) is 570 cm³/mol. The summed E-state index contributed by atoms with van der Waals surface area (Å²) in [5.41, 5.74) is 10.2. The molecule has 14 rings (SSSR count). The number of pyridine rings is 4. The number of rotatable bonds is 19. The Morgan fingerprint density at radius 1 is 0.536 bits per heavy atom. The van der Waals surface area contributed by atoms with Crippen molar-refractivity contribution < 1.29 is 114 Å². The van der Waals surface area contributed by atoms with Gasteiger partial charge in [0.15, 0.2) is 0 Å². The molecule has 6 N–H and O–H groups in total. The number of aromatic nitrogens is 4. The number of benzene rings is 7. The molecule has 0 spiro atoms. The van der Waals surface area contributed by atoms with E-state index in [1.165, 1.54) is 86.6 Å². The Bertz CT molecular complexity index is 5900. The van der Waals surface area contributed by atoms with Crippen molar-refractivity contribution in [3.8, 4) is 0 Å². The van der Waals surface area contributed by atoms with Crippen molar-refractivity contribution in [2.75, 3.05) is 65.0 Å². The van der Waals surface area contributed by atoms with Gasteiger partial charge in [-0.1, -0.05) is 105 Å². The maximum absolute atomic E-state index is 13.0. The zero-order chi connectivity index (χ0) is 102. The molecule has 1 fully saturated rings. The number of methoxy groups -OCH3 is 2. The molecule has 2 amide bonds. The summed E-state index contributed by atoms with van der Waals surface area (Å²) in [5, 5.41) is 33.0. The minimum atomic E-state index is -1.38. The summed E-state index contributed by atoms with van der Waals surface area (Å²) in [4.78, 5) is 99.7. The predicted octanol–water partition coefficient (Wildman–Crippen LogP) is 20.4. The summed E-state index contributed by atoms with van der Waals surface area (Å²) in [7, 11) is -2.03. The molecule has 7 aromatic carbocycles. The molecule has 7 heterocycles. The zero-order valence-corrected chi connectivity index (χ0v) is 95.1. The molecule has 6 atom stereocenters. The van der Waals surface area contributed by atoms with Crippen LogP contribution in [-0.2, 0) is 59.6 Å². The van der Waals surface area contributed by atoms with Crippen LogP contribution in [-0.4, -0.2) is 178 Å². The van der Waals surface area contributed by atoms with Crippen LogP contribution in [0.2, 0.25) is 19.6 Å². The van der Waals surface area contributed by atoms with Crippen LogP contribution in [0.15, 0.2) is 285 Å². The fraction of sp³-hybridized carbons (Fsp3) is 0.265. The smallest absolute Gasteiger partial charge is 0.796 e. The van der Waals surface area contributed by atoms with E-state index in [0.29, 0.717) is 41.0 Å². The van der Waals surface area contributed by atoms with Crippen molar-refractivity contribution >= 4 is 212 Å². The fourth-order valence-corrected chi connectivity index (χ4v) is 18.5. The molecule has 0 aliphatic carbocycles. The molecule has 40 heteroatoms. The van der Waals surface area contributed by atoms with Crippen LogP contribution in [0, 0.1) is 11.6 Å². The van der Waals surface area contributed by atoms with E-state index in [1.54, 1.807) is 123 Å². The topological polar surface area (TPSA) is 359 Å². The van der Waals surface area contributed by atoms with Crippen LogP contribution in [0.3, 0.4) is 0 Å². The number of amides is 2. The van der Waals surface area contributed by atoms with Crippen LogP contribution in [0.25, 0.3) is 0 Å². The standard InChI is InChI=1S/C18H22N2O3S2.C14H12N2O2S.C14H12N2OS.C10H14N2OS.C9H9BrO2S.C8H6BrFO2.C8H7BrO2S.C7H4BrFO2.C5H12Si.C4H8O.CH4S.Na/c1-18(2,3)25(23)20-16(12-7-6-10-19-11-12)13-8-5-9-14(24-4)15(13)17(21)22;1-19(18)11-6-2-5-10-12(11)14(17)16-13(10)9-4-3-7-15-8-9;1-18-11-6-2-5-10-12(11)14(17)16-13(10)9-4-3-7-15-8-9;1-10(2,3)14(13)12-8-9-5-4-6-11-7-9;1-12-9(11)8-6(10)4-3-5-7(8)13-2;1-12-8(11)7-5(9)3-2-4-6(7)10;1-12-6-4-2-3-5(9)7(6)8(10)11;8-4-2-1-3-5(9)6(4)7(10)11;1-5-6(2,3)4;1-2-4-5-3-1;1-2;/h5-11,16,20H,1-4H3,(H,21,22);2-8,13H,1H3,(H,16,17);2-8,13H,1H3,(H,16,17);4-8H,1-3H3;3-5H,1-2H3;2-4H,1H3;2-4H,1H3,(H,10,11);1-3H,(H,10,11);5H,1H2,2-4H3;1-4H2;2H,1H3;/q;;;;;;;;;;;+1/p-1. The molecule has 6 unspecified atom stereocenters. The van der Waals surface area contributed by atoms with Gasteiger partial charge in [-0.2, -0.15) is 10.7 Å². The van der Waals surface area contributed by atoms with E-state index in [0.717, 1.165) is 77.4 Å². The van der Waals surface area contributed by atoms with E-state index in [-0.39, 0.29) is 85.3 Å². The summed E-state index contributed by atoms with van der Waals surface area (Å²) in [6, 6.07) is 50.2. The fourth-order valence-electron chi connectivity index (χ4n) is 11.6. The van der Waals surface area contributed by atoms with Crippen molar-refractivity contribution in [1.29, 1.82) is 0 Å². The molecule has 0 bridgehead atoms. The van der Waals surface area contributed by atoms with Crippen molar-refractivity contribution in [3.05, 3.63) is 345 Å². The number of carbonyl (C=O) groups is 7. The van der Waals surface area contributed by atoms with E-state index < -0.39 is 87.1 Å². The molecular formula is C98H109Br4F2N8NaO16S8Si. The average Bonchev–Trinajstić information content (AvgIpc) is 1.62. The molecule has 732 valence electrons. The van der Waals surface area contributed by atoms with Crippen molar-refractivity contribution in [2.24, 2.45) is 4.40 Å². The van der Waals surface area contributed by atoms with Crippen LogP contribution in [0.5, 0.6) is 0 Å². The Labute approximate surface area is 892 Å². The third kappa shape index (κ3) is 40.0. The molecule has 4 aromatic heterocycles. The van der Waals surface area contributed by atoms with Gasteiger partial charge in [0.05, 0.1) is 104 Å². The first-order valence-corrected chi connectivity index (χ1v) is 57.4. The molecule has 138 heavy (non-hydrogen) atoms. The summed E-state index contributed by atoms with van der Waals surface area (Å²) in [6.45, 7) is 23.8. The van der Waals surface area contributed by atoms with Gasteiger partial charge in [-0.15, -0.1) is 59.3 Å². The normalized spacial score (nSPS) is 13.7. The third-order valence-electron chi connectivity index (χ3n) is 18.4. The zero-order valence-electron chi connectivity index (χ0n) is 79.2. The van der Waals surface area contributed by atoms with E-state index >= 15 is 0 Å². The summed E-state index contributed by atoms with van der Waals surface area (Å²) in [6.07, 6.45) is 28.6. The molecule has 1 saturated heterocycles. The number of carbonyl (C=O) groups excluding carboxylic acids is 4. The Hall–Kier alpha value is -8.04. The van der Waals surface area contributed by atoms with Gasteiger partial charge in [0.1, 0.15) is 33.7 Å². The SMILES string of the molecule is C1CCOC1.C=C[Si](C)(C)C.CC(C)(C)S(=O)N=Cc1cccnc1.COC(=O)c1c(Br)cccc1SC.COC(=O)c1c(F)cccc1Br.CS(=O)c1cccc2c1C(=O)NC2c1cccnc1.CSc1cccc(Br)c1C(=O)O.CSc1cccc(C(NS(=O)C(C)(C)C)c2cccnc2)c1C(=O)O.CSc1cccc2c1C(=O)NC2c1cccnc1.C[S-].O=C(O)c1c(F)cccc1Br.[Na+]. The number of hydrogen-bond acceptors (Lipinski definition) is 22. The van der Waals surface area contributed by atoms with E-state index in [9.17, 15) is 60.1 Å². The molecule has 0 radical (unpaired) electrons. The number of thioether (sulfide) groups is 4. The monoisotopic (exact) mass is 2310 g/mol. The summed E-state index contributed by atoms with van der Waals surface area (Å²) in [5.74, 6) is -5.64. The van der Waals surface area contributed by atoms with Crippen LogP contribution in [0.4, 0.5) is 8.78 Å². The average molecular weight is 2320 g/mol. The molecule has 11 aromatic rings. The molecule has 24 nitrogen and oxygen atoms in total. The number of ether oxygens (including phenoxy) is 3. The number of nitrogens with one attached hydrogen (secondary N) is 3. The van der Waals surface area contributed by atoms with Crippen molar-refractivity contribution in [1.82, 2.24) is 35.3 Å². The first-order valence-electron chi connectivity index (χ1n) is 41.1.